The van der Waals surface area contributed by atoms with E-state index in [9.17, 15) is 10.2 Å². The Balaban J connectivity index is 3.13. The highest BCUT2D eigenvalue weighted by Gasteiger charge is 2.23. The van der Waals surface area contributed by atoms with Gasteiger partial charge >= 0.3 is 0 Å². The van der Waals surface area contributed by atoms with Gasteiger partial charge in [0, 0.05) is 0 Å². The first-order valence-electron chi connectivity index (χ1n) is 8.38. The number of aliphatic hydroxyl groups excluding tert-OH is 2. The molecular formula is C20H32O2. The Bertz CT molecular complexity index is 478. The summed E-state index contributed by atoms with van der Waals surface area (Å²) in [5.74, 6) is 0.205. The molecule has 0 radical (unpaired) electrons. The lowest BCUT2D eigenvalue weighted by Gasteiger charge is -2.24. The summed E-state index contributed by atoms with van der Waals surface area (Å²) < 4.78 is 0. The van der Waals surface area contributed by atoms with Crippen molar-refractivity contribution in [3.63, 3.8) is 0 Å². The largest absolute Gasteiger partial charge is 0.386 e. The summed E-state index contributed by atoms with van der Waals surface area (Å²) in [5, 5.41) is 20.9. The summed E-state index contributed by atoms with van der Waals surface area (Å²) in [5.41, 5.74) is 4.43. The standard InChI is InChI=1S/C20H32O2/c1-14(2)18-13-12-16(4)9-6-8-15(3)10-7-11-17(5)19(21)20(18)22/h8,11-14,19-22H,6-7,9-10H2,1-5H3/b15-8-,16-12+,17-11-,18-13-/t19-,20-/m1/s1. The number of allylic oxidation sites excluding steroid dienone is 6. The van der Waals surface area contributed by atoms with E-state index in [0.29, 0.717) is 0 Å². The maximum Gasteiger partial charge on any atom is 0.105 e. The minimum absolute atomic E-state index is 0.205. The van der Waals surface area contributed by atoms with Gasteiger partial charge in [0.05, 0.1) is 0 Å². The van der Waals surface area contributed by atoms with E-state index < -0.39 is 12.2 Å². The number of aliphatic hydroxyl groups is 2. The smallest absolute Gasteiger partial charge is 0.105 e. The maximum absolute atomic E-state index is 10.5. The van der Waals surface area contributed by atoms with Crippen molar-refractivity contribution in [2.45, 2.75) is 72.5 Å². The Kier molecular flexibility index (Phi) is 7.84. The second-order valence-electron chi connectivity index (χ2n) is 6.80. The number of rotatable bonds is 1. The third-order valence-corrected chi connectivity index (χ3v) is 4.37. The van der Waals surface area contributed by atoms with Crippen LogP contribution in [0, 0.1) is 5.92 Å². The zero-order valence-corrected chi connectivity index (χ0v) is 14.8. The van der Waals surface area contributed by atoms with E-state index >= 15 is 0 Å². The zero-order valence-electron chi connectivity index (χ0n) is 14.8. The van der Waals surface area contributed by atoms with Gasteiger partial charge in [0.2, 0.25) is 0 Å². The molecule has 124 valence electrons. The first-order chi connectivity index (χ1) is 10.3. The lowest BCUT2D eigenvalue weighted by atomic mass is 9.90. The molecule has 0 aromatic heterocycles. The molecule has 2 nitrogen and oxygen atoms in total. The van der Waals surface area contributed by atoms with Gasteiger partial charge in [-0.3, -0.25) is 0 Å². The highest BCUT2D eigenvalue weighted by atomic mass is 16.3. The molecule has 1 rings (SSSR count). The van der Waals surface area contributed by atoms with E-state index in [1.165, 1.54) is 11.1 Å². The third-order valence-electron chi connectivity index (χ3n) is 4.37. The quantitative estimate of drug-likeness (QED) is 0.689. The summed E-state index contributed by atoms with van der Waals surface area (Å²) in [4.78, 5) is 0. The van der Waals surface area contributed by atoms with Gasteiger partial charge in [0.1, 0.15) is 12.2 Å². The van der Waals surface area contributed by atoms with Gasteiger partial charge in [-0.05, 0) is 63.5 Å². The molecule has 0 unspecified atom stereocenters. The van der Waals surface area contributed by atoms with Crippen LogP contribution in [-0.4, -0.2) is 22.4 Å². The molecule has 0 aromatic carbocycles. The Hall–Kier alpha value is -1.12. The Morgan fingerprint density at radius 2 is 1.45 bits per heavy atom. The molecule has 22 heavy (non-hydrogen) atoms. The molecule has 0 saturated carbocycles. The maximum atomic E-state index is 10.5. The van der Waals surface area contributed by atoms with Crippen LogP contribution in [0.25, 0.3) is 0 Å². The van der Waals surface area contributed by atoms with Crippen molar-refractivity contribution in [2.24, 2.45) is 5.92 Å². The topological polar surface area (TPSA) is 40.5 Å². The molecule has 0 bridgehead atoms. The monoisotopic (exact) mass is 304 g/mol. The molecule has 0 aliphatic heterocycles. The Morgan fingerprint density at radius 1 is 0.864 bits per heavy atom. The molecule has 0 spiro atoms. The van der Waals surface area contributed by atoms with Crippen molar-refractivity contribution in [3.05, 3.63) is 46.6 Å². The lowest BCUT2D eigenvalue weighted by Crippen LogP contribution is -2.30. The normalized spacial score (nSPS) is 35.3. The van der Waals surface area contributed by atoms with E-state index in [2.05, 4.69) is 45.9 Å². The molecular weight excluding hydrogens is 272 g/mol. The average Bonchev–Trinajstić information content (AvgIpc) is 2.45. The van der Waals surface area contributed by atoms with Crippen LogP contribution in [0.1, 0.15) is 60.3 Å². The molecule has 2 atom stereocenters. The molecule has 0 amide bonds. The van der Waals surface area contributed by atoms with Crippen LogP contribution < -0.4 is 0 Å². The predicted molar refractivity (Wildman–Crippen MR) is 94.7 cm³/mol. The summed E-state index contributed by atoms with van der Waals surface area (Å²) in [7, 11) is 0. The van der Waals surface area contributed by atoms with Crippen molar-refractivity contribution >= 4 is 0 Å². The fourth-order valence-electron chi connectivity index (χ4n) is 2.68. The average molecular weight is 304 g/mol. The van der Waals surface area contributed by atoms with Crippen molar-refractivity contribution in [2.75, 3.05) is 0 Å². The van der Waals surface area contributed by atoms with Gasteiger partial charge < -0.3 is 10.2 Å². The van der Waals surface area contributed by atoms with Gasteiger partial charge in [0.25, 0.3) is 0 Å². The van der Waals surface area contributed by atoms with Crippen LogP contribution in [0.2, 0.25) is 0 Å². The van der Waals surface area contributed by atoms with Gasteiger partial charge in [-0.1, -0.05) is 49.3 Å². The van der Waals surface area contributed by atoms with Crippen molar-refractivity contribution in [3.8, 4) is 0 Å². The van der Waals surface area contributed by atoms with Crippen LogP contribution >= 0.6 is 0 Å². The first-order valence-corrected chi connectivity index (χ1v) is 8.38. The van der Waals surface area contributed by atoms with Crippen LogP contribution in [0.3, 0.4) is 0 Å². The van der Waals surface area contributed by atoms with E-state index in [1.807, 2.05) is 13.0 Å². The van der Waals surface area contributed by atoms with Crippen LogP contribution in [0.5, 0.6) is 0 Å². The van der Waals surface area contributed by atoms with E-state index in [4.69, 9.17) is 0 Å². The summed E-state index contributed by atoms with van der Waals surface area (Å²) >= 11 is 0. The fraction of sp³-hybridized carbons (Fsp3) is 0.600. The fourth-order valence-corrected chi connectivity index (χ4v) is 2.68. The van der Waals surface area contributed by atoms with Crippen LogP contribution in [0.4, 0.5) is 0 Å². The van der Waals surface area contributed by atoms with Gasteiger partial charge in [-0.2, -0.15) is 0 Å². The highest BCUT2D eigenvalue weighted by molar-refractivity contribution is 5.25. The minimum Gasteiger partial charge on any atom is -0.386 e. The van der Waals surface area contributed by atoms with Gasteiger partial charge in [-0.15, -0.1) is 0 Å². The highest BCUT2D eigenvalue weighted by Crippen LogP contribution is 2.22. The van der Waals surface area contributed by atoms with Crippen molar-refractivity contribution in [1.29, 1.82) is 0 Å². The van der Waals surface area contributed by atoms with Crippen LogP contribution in [-0.2, 0) is 0 Å². The Morgan fingerprint density at radius 3 is 2.09 bits per heavy atom. The van der Waals surface area contributed by atoms with Gasteiger partial charge in [-0.25, -0.2) is 0 Å². The second-order valence-corrected chi connectivity index (χ2v) is 6.80. The predicted octanol–water partition coefficient (Wildman–Crippen LogP) is 4.70. The molecule has 1 aliphatic carbocycles. The first kappa shape index (κ1) is 18.9. The Labute approximate surface area is 135 Å². The zero-order chi connectivity index (χ0) is 16.7. The molecule has 0 heterocycles. The summed E-state index contributed by atoms with van der Waals surface area (Å²) in [6.07, 6.45) is 10.8. The molecule has 2 N–H and O–H groups in total. The molecule has 2 heteroatoms. The lowest BCUT2D eigenvalue weighted by molar-refractivity contribution is 0.0603. The third kappa shape index (κ3) is 5.94. The molecule has 1 aliphatic rings. The molecule has 0 fully saturated rings. The van der Waals surface area contributed by atoms with E-state index in [1.54, 1.807) is 0 Å². The minimum atomic E-state index is -0.833. The second kappa shape index (κ2) is 9.12. The molecule has 0 saturated heterocycles. The van der Waals surface area contributed by atoms with E-state index in [0.717, 1.165) is 36.8 Å². The number of hydrogen-bond acceptors (Lipinski definition) is 2. The summed E-state index contributed by atoms with van der Waals surface area (Å²) in [6.45, 7) is 10.3. The van der Waals surface area contributed by atoms with Crippen LogP contribution in [0.15, 0.2) is 46.6 Å². The molecule has 0 aromatic rings. The number of hydrogen-bond donors (Lipinski definition) is 2. The summed E-state index contributed by atoms with van der Waals surface area (Å²) in [6, 6.07) is 0. The SMILES string of the molecule is C/C1=C/CC/C(C)=C/C=C(/C(C)C)[C@@H](O)[C@H](O)/C(C)=C\CC1. The van der Waals surface area contributed by atoms with Gasteiger partial charge in [0.15, 0.2) is 0 Å². The van der Waals surface area contributed by atoms with Crippen molar-refractivity contribution < 1.29 is 10.2 Å². The van der Waals surface area contributed by atoms with E-state index in [-0.39, 0.29) is 5.92 Å². The van der Waals surface area contributed by atoms with Crippen molar-refractivity contribution in [1.82, 2.24) is 0 Å².